The molecule has 0 aliphatic carbocycles. The highest BCUT2D eigenvalue weighted by Crippen LogP contribution is 1.89. The van der Waals surface area contributed by atoms with Crippen LogP contribution in [0.4, 0.5) is 0 Å². The molecule has 0 aliphatic heterocycles. The van der Waals surface area contributed by atoms with Crippen molar-refractivity contribution < 1.29 is 19.7 Å². The van der Waals surface area contributed by atoms with Crippen molar-refractivity contribution in [2.45, 2.75) is 19.8 Å². The molecule has 0 heterocycles. The van der Waals surface area contributed by atoms with Crippen molar-refractivity contribution in [3.8, 4) is 0 Å². The predicted octanol–water partition coefficient (Wildman–Crippen LogP) is 0.487. The monoisotopic (exact) mass is 190 g/mol. The first-order chi connectivity index (χ1) is 6.22. The molecule has 2 N–H and O–H groups in total. The van der Waals surface area contributed by atoms with Crippen LogP contribution >= 0.6 is 0 Å². The number of esters is 1. The fourth-order valence-corrected chi connectivity index (χ4v) is 0.428. The minimum absolute atomic E-state index is 0.125. The molecular formula is C9H18O4. The van der Waals surface area contributed by atoms with Gasteiger partial charge >= 0.3 is 5.97 Å². The summed E-state index contributed by atoms with van der Waals surface area (Å²) >= 11 is 0. The number of aliphatic hydroxyl groups excluding tert-OH is 2. The Morgan fingerprint density at radius 1 is 1.46 bits per heavy atom. The van der Waals surface area contributed by atoms with Gasteiger partial charge in [0.05, 0.1) is 13.2 Å². The second-order valence-corrected chi connectivity index (χ2v) is 2.17. The van der Waals surface area contributed by atoms with Gasteiger partial charge in [-0.1, -0.05) is 19.6 Å². The maximum Gasteiger partial charge on any atom is 0.306 e. The molecule has 0 bridgehead atoms. The number of ether oxygens (including phenoxy) is 1. The molecule has 0 atom stereocenters. The number of hydrogen-bond acceptors (Lipinski definition) is 4. The lowest BCUT2D eigenvalue weighted by molar-refractivity contribution is -0.142. The molecule has 78 valence electrons. The van der Waals surface area contributed by atoms with Crippen LogP contribution in [0.25, 0.3) is 0 Å². The maximum atomic E-state index is 10.5. The highest BCUT2D eigenvalue weighted by molar-refractivity contribution is 5.69. The maximum absolute atomic E-state index is 10.5. The van der Waals surface area contributed by atoms with E-state index in [1.807, 2.05) is 6.92 Å². The molecule has 0 aliphatic rings. The zero-order valence-corrected chi connectivity index (χ0v) is 8.03. The van der Waals surface area contributed by atoms with E-state index in [2.05, 4.69) is 11.3 Å². The molecule has 0 amide bonds. The van der Waals surface area contributed by atoms with Gasteiger partial charge in [0.15, 0.2) is 0 Å². The lowest BCUT2D eigenvalue weighted by Crippen LogP contribution is -2.02. The lowest BCUT2D eigenvalue weighted by atomic mass is 10.3. The summed E-state index contributed by atoms with van der Waals surface area (Å²) in [6.45, 7) is 5.44. The molecule has 4 nitrogen and oxygen atoms in total. The molecule has 0 aromatic heterocycles. The van der Waals surface area contributed by atoms with Gasteiger partial charge in [-0.25, -0.2) is 0 Å². The lowest BCUT2D eigenvalue weighted by Gasteiger charge is -1.97. The van der Waals surface area contributed by atoms with Crippen LogP contribution in [0, 0.1) is 0 Å². The number of hydrogen-bond donors (Lipinski definition) is 2. The van der Waals surface area contributed by atoms with Crippen LogP contribution in [-0.2, 0) is 9.53 Å². The molecule has 0 saturated carbocycles. The number of carbonyl (C=O) groups excluding carboxylic acids is 1. The van der Waals surface area contributed by atoms with Crippen molar-refractivity contribution in [3.63, 3.8) is 0 Å². The zero-order chi connectivity index (χ0) is 10.5. The van der Waals surface area contributed by atoms with Gasteiger partial charge in [-0.15, -0.1) is 0 Å². The number of carbonyl (C=O) groups is 1. The smallest absolute Gasteiger partial charge is 0.306 e. The predicted molar refractivity (Wildman–Crippen MR) is 50.2 cm³/mol. The van der Waals surface area contributed by atoms with E-state index in [9.17, 15) is 4.79 Å². The fourth-order valence-electron chi connectivity index (χ4n) is 0.428. The molecular weight excluding hydrogens is 172 g/mol. The Morgan fingerprint density at radius 2 is 2.00 bits per heavy atom. The molecule has 4 heteroatoms. The molecule has 0 aromatic rings. The molecule has 0 unspecified atom stereocenters. The van der Waals surface area contributed by atoms with Gasteiger partial charge in [0.1, 0.15) is 6.61 Å². The van der Waals surface area contributed by atoms with Crippen molar-refractivity contribution in [2.24, 2.45) is 0 Å². The van der Waals surface area contributed by atoms with Crippen LogP contribution in [0.2, 0.25) is 0 Å². The summed E-state index contributed by atoms with van der Waals surface area (Å²) in [6.07, 6.45) is 2.91. The highest BCUT2D eigenvalue weighted by atomic mass is 16.5. The van der Waals surface area contributed by atoms with E-state index in [1.54, 1.807) is 6.08 Å². The Labute approximate surface area is 78.8 Å². The third-order valence-electron chi connectivity index (χ3n) is 0.916. The van der Waals surface area contributed by atoms with E-state index in [-0.39, 0.29) is 19.2 Å². The van der Waals surface area contributed by atoms with Crippen molar-refractivity contribution >= 4 is 5.97 Å². The van der Waals surface area contributed by atoms with E-state index >= 15 is 0 Å². The first-order valence-electron chi connectivity index (χ1n) is 4.21. The summed E-state index contributed by atoms with van der Waals surface area (Å²) in [5.41, 5.74) is 0. The van der Waals surface area contributed by atoms with E-state index in [0.29, 0.717) is 13.0 Å². The third kappa shape index (κ3) is 18.2. The Morgan fingerprint density at radius 3 is 2.31 bits per heavy atom. The van der Waals surface area contributed by atoms with Crippen molar-refractivity contribution in [2.75, 3.05) is 19.8 Å². The summed E-state index contributed by atoms with van der Waals surface area (Å²) in [4.78, 5) is 10.5. The molecule has 13 heavy (non-hydrogen) atoms. The molecule has 0 aromatic carbocycles. The Balaban J connectivity index is 0. The third-order valence-corrected chi connectivity index (χ3v) is 0.916. The number of aliphatic hydroxyl groups is 2. The average molecular weight is 190 g/mol. The summed E-state index contributed by atoms with van der Waals surface area (Å²) < 4.78 is 4.67. The normalized spacial score (nSPS) is 8.23. The molecule has 0 saturated heterocycles. The van der Waals surface area contributed by atoms with E-state index in [4.69, 9.17) is 10.2 Å². The standard InChI is InChI=1S/C7H12O2.C2H6O2/c1-3-5-7(8)9-6-4-2;3-1-2-4/h4H,2-3,5-6H2,1H3;3-4H,1-2H2. The van der Waals surface area contributed by atoms with Gasteiger partial charge in [-0.2, -0.15) is 0 Å². The van der Waals surface area contributed by atoms with Gasteiger partial charge in [-0.3, -0.25) is 4.79 Å². The highest BCUT2D eigenvalue weighted by Gasteiger charge is 1.96. The molecule has 0 rings (SSSR count). The van der Waals surface area contributed by atoms with E-state index in [0.717, 1.165) is 6.42 Å². The summed E-state index contributed by atoms with van der Waals surface area (Å²) in [5.74, 6) is -0.141. The topological polar surface area (TPSA) is 66.8 Å². The van der Waals surface area contributed by atoms with Gasteiger partial charge in [-0.05, 0) is 6.42 Å². The largest absolute Gasteiger partial charge is 0.461 e. The first kappa shape index (κ1) is 14.6. The second kappa shape index (κ2) is 13.7. The average Bonchev–Trinajstić information content (AvgIpc) is 2.16. The minimum atomic E-state index is -0.141. The van der Waals surface area contributed by atoms with Gasteiger partial charge < -0.3 is 14.9 Å². The van der Waals surface area contributed by atoms with Crippen LogP contribution in [0.5, 0.6) is 0 Å². The van der Waals surface area contributed by atoms with Crippen LogP contribution in [-0.4, -0.2) is 36.0 Å². The van der Waals surface area contributed by atoms with E-state index < -0.39 is 0 Å². The van der Waals surface area contributed by atoms with Crippen molar-refractivity contribution in [1.82, 2.24) is 0 Å². The quantitative estimate of drug-likeness (QED) is 0.489. The van der Waals surface area contributed by atoms with Crippen LogP contribution in [0.1, 0.15) is 19.8 Å². The zero-order valence-electron chi connectivity index (χ0n) is 8.03. The van der Waals surface area contributed by atoms with Crippen LogP contribution < -0.4 is 0 Å². The number of rotatable bonds is 5. The van der Waals surface area contributed by atoms with Gasteiger partial charge in [0.2, 0.25) is 0 Å². The Hall–Kier alpha value is -0.870. The Bertz CT molecular complexity index is 121. The van der Waals surface area contributed by atoms with Gasteiger partial charge in [0, 0.05) is 6.42 Å². The SMILES string of the molecule is C=CCOC(=O)CCC.OCCO. The van der Waals surface area contributed by atoms with Crippen molar-refractivity contribution in [3.05, 3.63) is 12.7 Å². The van der Waals surface area contributed by atoms with Crippen molar-refractivity contribution in [1.29, 1.82) is 0 Å². The van der Waals surface area contributed by atoms with E-state index in [1.165, 1.54) is 0 Å². The van der Waals surface area contributed by atoms with Crippen LogP contribution in [0.15, 0.2) is 12.7 Å². The summed E-state index contributed by atoms with van der Waals surface area (Å²) in [5, 5.41) is 15.2. The molecule has 0 radical (unpaired) electrons. The minimum Gasteiger partial charge on any atom is -0.461 e. The second-order valence-electron chi connectivity index (χ2n) is 2.17. The van der Waals surface area contributed by atoms with Gasteiger partial charge in [0.25, 0.3) is 0 Å². The molecule has 0 fully saturated rings. The summed E-state index contributed by atoms with van der Waals surface area (Å²) in [7, 11) is 0. The molecule has 0 spiro atoms. The summed E-state index contributed by atoms with van der Waals surface area (Å²) in [6, 6.07) is 0. The Kier molecular flexibility index (Phi) is 15.4. The fraction of sp³-hybridized carbons (Fsp3) is 0.667. The van der Waals surface area contributed by atoms with Crippen LogP contribution in [0.3, 0.4) is 0 Å². The first-order valence-corrected chi connectivity index (χ1v) is 4.21.